The van der Waals surface area contributed by atoms with E-state index in [2.05, 4.69) is 5.32 Å². The lowest BCUT2D eigenvalue weighted by atomic mass is 9.91. The zero-order chi connectivity index (χ0) is 16.4. The summed E-state index contributed by atoms with van der Waals surface area (Å²) in [6.07, 6.45) is 0.550. The minimum absolute atomic E-state index is 0.0349. The van der Waals surface area contributed by atoms with Crippen molar-refractivity contribution in [1.82, 2.24) is 10.2 Å². The van der Waals surface area contributed by atoms with E-state index in [9.17, 15) is 18.0 Å². The number of rotatable bonds is 6. The molecule has 2 amide bonds. The van der Waals surface area contributed by atoms with E-state index in [-0.39, 0.29) is 35.8 Å². The molecule has 1 fully saturated rings. The van der Waals surface area contributed by atoms with Gasteiger partial charge in [0, 0.05) is 12.3 Å². The van der Waals surface area contributed by atoms with Gasteiger partial charge in [0.25, 0.3) is 0 Å². The van der Waals surface area contributed by atoms with Crippen LogP contribution in [0.15, 0.2) is 0 Å². The summed E-state index contributed by atoms with van der Waals surface area (Å²) < 4.78 is 23.7. The average molecular weight is 318 g/mol. The number of carbonyl (C=O) groups excluding carboxylic acids is 2. The van der Waals surface area contributed by atoms with E-state index in [1.165, 1.54) is 4.90 Å². The zero-order valence-corrected chi connectivity index (χ0v) is 14.3. The second-order valence-corrected chi connectivity index (χ2v) is 8.70. The van der Waals surface area contributed by atoms with Crippen molar-refractivity contribution in [1.29, 1.82) is 0 Å². The Bertz CT molecular complexity index is 511. The van der Waals surface area contributed by atoms with Crippen molar-refractivity contribution in [3.8, 4) is 0 Å². The first-order valence-corrected chi connectivity index (χ1v) is 9.18. The lowest BCUT2D eigenvalue weighted by Gasteiger charge is -2.45. The fraction of sp³-hybridized carbons (Fsp3) is 0.857. The van der Waals surface area contributed by atoms with Gasteiger partial charge in [-0.1, -0.05) is 20.8 Å². The first kappa shape index (κ1) is 17.9. The molecule has 1 aliphatic rings. The molecule has 1 aliphatic heterocycles. The van der Waals surface area contributed by atoms with Crippen LogP contribution in [0, 0.1) is 5.92 Å². The first-order valence-electron chi connectivity index (χ1n) is 7.35. The Balaban J connectivity index is 2.94. The molecule has 1 saturated heterocycles. The molecule has 21 heavy (non-hydrogen) atoms. The average Bonchev–Trinajstić information content (AvgIpc) is 2.32. The number of sulfone groups is 1. The van der Waals surface area contributed by atoms with Gasteiger partial charge < -0.3 is 10.2 Å². The summed E-state index contributed by atoms with van der Waals surface area (Å²) in [4.78, 5) is 26.1. The highest BCUT2D eigenvalue weighted by Gasteiger charge is 2.47. The highest BCUT2D eigenvalue weighted by molar-refractivity contribution is 7.91. The number of nitrogens with one attached hydrogen (secondary N) is 1. The fourth-order valence-electron chi connectivity index (χ4n) is 2.43. The normalized spacial score (nSPS) is 22.6. The summed E-state index contributed by atoms with van der Waals surface area (Å²) in [6.45, 7) is 8.85. The number of piperazine rings is 1. The van der Waals surface area contributed by atoms with Gasteiger partial charge in [0.1, 0.15) is 11.6 Å². The molecular weight excluding hydrogens is 292 g/mol. The Kier molecular flexibility index (Phi) is 5.41. The molecule has 0 bridgehead atoms. The van der Waals surface area contributed by atoms with Crippen LogP contribution >= 0.6 is 0 Å². The van der Waals surface area contributed by atoms with Crippen molar-refractivity contribution in [2.75, 3.05) is 18.1 Å². The molecule has 0 spiro atoms. The van der Waals surface area contributed by atoms with E-state index in [1.807, 2.05) is 13.8 Å². The van der Waals surface area contributed by atoms with E-state index < -0.39 is 21.4 Å². The van der Waals surface area contributed by atoms with Crippen LogP contribution in [0.5, 0.6) is 0 Å². The van der Waals surface area contributed by atoms with Gasteiger partial charge in [-0.25, -0.2) is 8.42 Å². The van der Waals surface area contributed by atoms with Crippen LogP contribution in [0.25, 0.3) is 0 Å². The molecule has 122 valence electrons. The molecule has 0 aliphatic carbocycles. The fourth-order valence-corrected chi connectivity index (χ4v) is 3.72. The monoisotopic (exact) mass is 318 g/mol. The number of amides is 2. The Morgan fingerprint density at radius 2 is 1.81 bits per heavy atom. The molecular formula is C14H26N2O4S. The summed E-state index contributed by atoms with van der Waals surface area (Å²) in [5.41, 5.74) is -1.02. The Morgan fingerprint density at radius 1 is 1.24 bits per heavy atom. The van der Waals surface area contributed by atoms with Gasteiger partial charge in [0.15, 0.2) is 9.84 Å². The summed E-state index contributed by atoms with van der Waals surface area (Å²) >= 11 is 0. The Hall–Kier alpha value is -1.11. The Labute approximate surface area is 127 Å². The standard InChI is InChI=1S/C14H26N2O4S/c1-6-8-21(19,20)9-7-16-12(17)11(10(2)3)15-13(18)14(16,4)5/h10-11H,6-9H2,1-5H3,(H,15,18). The van der Waals surface area contributed by atoms with Gasteiger partial charge in [-0.3, -0.25) is 9.59 Å². The van der Waals surface area contributed by atoms with Crippen LogP contribution < -0.4 is 5.32 Å². The largest absolute Gasteiger partial charge is 0.342 e. The predicted molar refractivity (Wildman–Crippen MR) is 81.5 cm³/mol. The van der Waals surface area contributed by atoms with Crippen molar-refractivity contribution >= 4 is 21.7 Å². The molecule has 0 saturated carbocycles. The lowest BCUT2D eigenvalue weighted by Crippen LogP contribution is -2.69. The molecule has 0 radical (unpaired) electrons. The molecule has 1 heterocycles. The van der Waals surface area contributed by atoms with Crippen LogP contribution in [0.1, 0.15) is 41.0 Å². The quantitative estimate of drug-likeness (QED) is 0.776. The van der Waals surface area contributed by atoms with E-state index in [0.29, 0.717) is 6.42 Å². The van der Waals surface area contributed by atoms with Gasteiger partial charge in [-0.2, -0.15) is 0 Å². The summed E-state index contributed by atoms with van der Waals surface area (Å²) in [7, 11) is -3.19. The molecule has 6 nitrogen and oxygen atoms in total. The molecule has 0 aromatic carbocycles. The summed E-state index contributed by atoms with van der Waals surface area (Å²) in [5, 5.41) is 2.73. The third-order valence-electron chi connectivity index (χ3n) is 3.86. The molecule has 1 atom stereocenters. The Morgan fingerprint density at radius 3 is 2.29 bits per heavy atom. The highest BCUT2D eigenvalue weighted by Crippen LogP contribution is 2.23. The number of nitrogens with zero attached hydrogens (tertiary/aromatic N) is 1. The molecule has 1 rings (SSSR count). The van der Waals surface area contributed by atoms with Gasteiger partial charge in [-0.15, -0.1) is 0 Å². The minimum atomic E-state index is -3.19. The number of hydrogen-bond acceptors (Lipinski definition) is 4. The molecule has 1 N–H and O–H groups in total. The van der Waals surface area contributed by atoms with E-state index >= 15 is 0 Å². The number of carbonyl (C=O) groups is 2. The smallest absolute Gasteiger partial charge is 0.246 e. The van der Waals surface area contributed by atoms with Gasteiger partial charge in [0.05, 0.1) is 5.75 Å². The molecule has 1 unspecified atom stereocenters. The van der Waals surface area contributed by atoms with E-state index in [4.69, 9.17) is 0 Å². The van der Waals surface area contributed by atoms with Crippen LogP contribution in [-0.4, -0.2) is 54.8 Å². The van der Waals surface area contributed by atoms with Crippen molar-refractivity contribution in [3.63, 3.8) is 0 Å². The number of hydrogen-bond donors (Lipinski definition) is 1. The highest BCUT2D eigenvalue weighted by atomic mass is 32.2. The van der Waals surface area contributed by atoms with Crippen molar-refractivity contribution < 1.29 is 18.0 Å². The molecule has 0 aromatic rings. The maximum Gasteiger partial charge on any atom is 0.246 e. The maximum atomic E-state index is 12.5. The lowest BCUT2D eigenvalue weighted by molar-refractivity contribution is -0.156. The van der Waals surface area contributed by atoms with Gasteiger partial charge in [-0.05, 0) is 26.2 Å². The van der Waals surface area contributed by atoms with E-state index in [0.717, 1.165) is 0 Å². The SMILES string of the molecule is CCCS(=O)(=O)CCN1C(=O)C(C(C)C)NC(=O)C1(C)C. The topological polar surface area (TPSA) is 83.6 Å². The van der Waals surface area contributed by atoms with Crippen LogP contribution in [-0.2, 0) is 19.4 Å². The second-order valence-electron chi connectivity index (χ2n) is 6.40. The molecule has 7 heteroatoms. The third kappa shape index (κ3) is 3.96. The zero-order valence-electron chi connectivity index (χ0n) is 13.5. The maximum absolute atomic E-state index is 12.5. The van der Waals surface area contributed by atoms with Crippen LogP contribution in [0.3, 0.4) is 0 Å². The van der Waals surface area contributed by atoms with Crippen molar-refractivity contribution in [3.05, 3.63) is 0 Å². The molecule has 0 aromatic heterocycles. The van der Waals surface area contributed by atoms with Crippen LogP contribution in [0.2, 0.25) is 0 Å². The van der Waals surface area contributed by atoms with E-state index in [1.54, 1.807) is 20.8 Å². The minimum Gasteiger partial charge on any atom is -0.342 e. The van der Waals surface area contributed by atoms with Crippen LogP contribution in [0.4, 0.5) is 0 Å². The first-order chi connectivity index (χ1) is 9.53. The second kappa shape index (κ2) is 6.34. The summed E-state index contributed by atoms with van der Waals surface area (Å²) in [5.74, 6) is -0.481. The van der Waals surface area contributed by atoms with Gasteiger partial charge >= 0.3 is 0 Å². The van der Waals surface area contributed by atoms with Crippen molar-refractivity contribution in [2.24, 2.45) is 5.92 Å². The van der Waals surface area contributed by atoms with Crippen molar-refractivity contribution in [2.45, 2.75) is 52.6 Å². The van der Waals surface area contributed by atoms with Gasteiger partial charge in [0.2, 0.25) is 11.8 Å². The summed E-state index contributed by atoms with van der Waals surface area (Å²) in [6, 6.07) is -0.584. The predicted octanol–water partition coefficient (Wildman–Crippen LogP) is 0.573. The third-order valence-corrected chi connectivity index (χ3v) is 5.69.